The van der Waals surface area contributed by atoms with Crippen LogP contribution in [0, 0.1) is 6.92 Å². The molecule has 1 heterocycles. The lowest BCUT2D eigenvalue weighted by Crippen LogP contribution is -2.35. The minimum atomic E-state index is 0.197. The normalized spacial score (nSPS) is 26.6. The average molecular weight is 195 g/mol. The van der Waals surface area contributed by atoms with Crippen molar-refractivity contribution < 1.29 is 4.52 Å². The molecule has 78 valence electrons. The Bertz CT molecular complexity index is 332. The van der Waals surface area contributed by atoms with Crippen molar-refractivity contribution in [2.45, 2.75) is 31.8 Å². The summed E-state index contributed by atoms with van der Waals surface area (Å²) < 4.78 is 5.28. The molecule has 0 bridgehead atoms. The van der Waals surface area contributed by atoms with Crippen molar-refractivity contribution >= 4 is 0 Å². The van der Waals surface area contributed by atoms with Crippen LogP contribution >= 0.6 is 0 Å². The van der Waals surface area contributed by atoms with E-state index in [1.165, 1.54) is 5.56 Å². The molecule has 0 spiro atoms. The van der Waals surface area contributed by atoms with Gasteiger partial charge in [-0.1, -0.05) is 5.16 Å². The smallest absolute Gasteiger partial charge is 0.143 e. The summed E-state index contributed by atoms with van der Waals surface area (Å²) >= 11 is 0. The zero-order valence-corrected chi connectivity index (χ0v) is 8.95. The van der Waals surface area contributed by atoms with Crippen LogP contribution in [-0.2, 0) is 6.42 Å². The van der Waals surface area contributed by atoms with Crippen LogP contribution in [0.2, 0.25) is 0 Å². The SMILES string of the molecule is Cc1noc2c1C(N(C)C)CC(N)C2. The van der Waals surface area contributed by atoms with Crippen LogP contribution in [0.5, 0.6) is 0 Å². The fraction of sp³-hybridized carbons (Fsp3) is 0.700. The summed E-state index contributed by atoms with van der Waals surface area (Å²) in [4.78, 5) is 2.18. The van der Waals surface area contributed by atoms with Gasteiger partial charge in [0.05, 0.1) is 5.69 Å². The largest absolute Gasteiger partial charge is 0.361 e. The van der Waals surface area contributed by atoms with Gasteiger partial charge in [0.1, 0.15) is 5.76 Å². The molecule has 2 rings (SSSR count). The summed E-state index contributed by atoms with van der Waals surface area (Å²) in [7, 11) is 4.14. The molecule has 4 nitrogen and oxygen atoms in total. The van der Waals surface area contributed by atoms with E-state index in [1.807, 2.05) is 6.92 Å². The predicted octanol–water partition coefficient (Wildman–Crippen LogP) is 0.859. The number of fused-ring (bicyclic) bond motifs is 1. The topological polar surface area (TPSA) is 55.3 Å². The summed E-state index contributed by atoms with van der Waals surface area (Å²) in [6.07, 6.45) is 1.81. The lowest BCUT2D eigenvalue weighted by Gasteiger charge is -2.30. The first-order valence-corrected chi connectivity index (χ1v) is 4.96. The molecule has 0 saturated heterocycles. The molecular formula is C10H17N3O. The van der Waals surface area contributed by atoms with E-state index >= 15 is 0 Å². The van der Waals surface area contributed by atoms with Gasteiger partial charge < -0.3 is 15.2 Å². The van der Waals surface area contributed by atoms with Gasteiger partial charge in [-0.2, -0.15) is 0 Å². The zero-order chi connectivity index (χ0) is 10.3. The van der Waals surface area contributed by atoms with E-state index in [2.05, 4.69) is 24.2 Å². The lowest BCUT2D eigenvalue weighted by molar-refractivity contribution is 0.242. The number of aromatic nitrogens is 1. The maximum Gasteiger partial charge on any atom is 0.143 e. The zero-order valence-electron chi connectivity index (χ0n) is 8.95. The molecule has 4 heteroatoms. The van der Waals surface area contributed by atoms with Crippen LogP contribution in [-0.4, -0.2) is 30.2 Å². The van der Waals surface area contributed by atoms with E-state index < -0.39 is 0 Å². The van der Waals surface area contributed by atoms with Gasteiger partial charge in [-0.25, -0.2) is 0 Å². The number of aryl methyl sites for hydroxylation is 1. The highest BCUT2D eigenvalue weighted by Gasteiger charge is 2.31. The second-order valence-corrected chi connectivity index (χ2v) is 4.28. The second-order valence-electron chi connectivity index (χ2n) is 4.28. The molecule has 1 aromatic rings. The molecule has 1 aliphatic rings. The molecule has 1 aliphatic carbocycles. The van der Waals surface area contributed by atoms with Crippen molar-refractivity contribution in [3.63, 3.8) is 0 Å². The van der Waals surface area contributed by atoms with Gasteiger partial charge >= 0.3 is 0 Å². The Morgan fingerprint density at radius 3 is 2.86 bits per heavy atom. The van der Waals surface area contributed by atoms with Crippen molar-refractivity contribution in [3.8, 4) is 0 Å². The Labute approximate surface area is 84.0 Å². The Morgan fingerprint density at radius 2 is 2.21 bits per heavy atom. The van der Waals surface area contributed by atoms with E-state index in [9.17, 15) is 0 Å². The monoisotopic (exact) mass is 195 g/mol. The Morgan fingerprint density at radius 1 is 1.50 bits per heavy atom. The van der Waals surface area contributed by atoms with Crippen molar-refractivity contribution in [2.24, 2.45) is 5.73 Å². The summed E-state index contributed by atoms with van der Waals surface area (Å²) in [6, 6.07) is 0.558. The minimum Gasteiger partial charge on any atom is -0.361 e. The number of hydrogen-bond acceptors (Lipinski definition) is 4. The standard InChI is InChI=1S/C10H17N3O/c1-6-10-8(13(2)3)4-7(11)5-9(10)14-12-6/h7-8H,4-5,11H2,1-3H3. The third-order valence-electron chi connectivity index (χ3n) is 2.91. The highest BCUT2D eigenvalue weighted by Crippen LogP contribution is 2.34. The van der Waals surface area contributed by atoms with Gasteiger partial charge in [0.15, 0.2) is 0 Å². The molecule has 1 aromatic heterocycles. The molecule has 0 fully saturated rings. The van der Waals surface area contributed by atoms with E-state index in [0.29, 0.717) is 6.04 Å². The molecule has 0 radical (unpaired) electrons. The average Bonchev–Trinajstić information content (AvgIpc) is 2.46. The van der Waals surface area contributed by atoms with Gasteiger partial charge in [-0.05, 0) is 27.4 Å². The van der Waals surface area contributed by atoms with Gasteiger partial charge in [-0.15, -0.1) is 0 Å². The summed E-state index contributed by atoms with van der Waals surface area (Å²) in [6.45, 7) is 2.00. The molecule has 2 N–H and O–H groups in total. The quantitative estimate of drug-likeness (QED) is 0.722. The second kappa shape index (κ2) is 3.37. The third kappa shape index (κ3) is 1.44. The maximum absolute atomic E-state index is 5.97. The van der Waals surface area contributed by atoms with Crippen molar-refractivity contribution in [3.05, 3.63) is 17.0 Å². The third-order valence-corrected chi connectivity index (χ3v) is 2.91. The number of nitrogens with two attached hydrogens (primary N) is 1. The first-order chi connectivity index (χ1) is 6.59. The van der Waals surface area contributed by atoms with Gasteiger partial charge in [0.2, 0.25) is 0 Å². The molecule has 0 saturated carbocycles. The number of rotatable bonds is 1. The van der Waals surface area contributed by atoms with Crippen LogP contribution in [0.4, 0.5) is 0 Å². The summed E-state index contributed by atoms with van der Waals surface area (Å²) in [5.41, 5.74) is 8.22. The molecule has 0 aliphatic heterocycles. The van der Waals surface area contributed by atoms with Gasteiger partial charge in [-0.3, -0.25) is 0 Å². The fourth-order valence-electron chi connectivity index (χ4n) is 2.19. The Balaban J connectivity index is 2.41. The molecule has 14 heavy (non-hydrogen) atoms. The number of nitrogens with zero attached hydrogens (tertiary/aromatic N) is 2. The van der Waals surface area contributed by atoms with Crippen molar-refractivity contribution in [2.75, 3.05) is 14.1 Å². The number of hydrogen-bond donors (Lipinski definition) is 1. The van der Waals surface area contributed by atoms with Crippen LogP contribution in [0.1, 0.15) is 29.5 Å². The van der Waals surface area contributed by atoms with Crippen LogP contribution in [0.25, 0.3) is 0 Å². The summed E-state index contributed by atoms with van der Waals surface area (Å²) in [5, 5.41) is 4.01. The van der Waals surface area contributed by atoms with Crippen molar-refractivity contribution in [1.29, 1.82) is 0 Å². The minimum absolute atomic E-state index is 0.197. The molecule has 2 atom stereocenters. The van der Waals surface area contributed by atoms with Gasteiger partial charge in [0.25, 0.3) is 0 Å². The fourth-order valence-corrected chi connectivity index (χ4v) is 2.19. The van der Waals surface area contributed by atoms with E-state index in [4.69, 9.17) is 10.3 Å². The predicted molar refractivity (Wildman–Crippen MR) is 54.0 cm³/mol. The first kappa shape index (κ1) is 9.68. The molecule has 0 amide bonds. The van der Waals surface area contributed by atoms with Crippen LogP contribution < -0.4 is 5.73 Å². The molecular weight excluding hydrogens is 178 g/mol. The van der Waals surface area contributed by atoms with E-state index in [-0.39, 0.29) is 6.04 Å². The Hall–Kier alpha value is -0.870. The van der Waals surface area contributed by atoms with Crippen LogP contribution in [0.3, 0.4) is 0 Å². The highest BCUT2D eigenvalue weighted by molar-refractivity contribution is 5.29. The van der Waals surface area contributed by atoms with Gasteiger partial charge in [0, 0.05) is 24.1 Å². The molecule has 0 aromatic carbocycles. The lowest BCUT2D eigenvalue weighted by atomic mass is 9.88. The first-order valence-electron chi connectivity index (χ1n) is 4.96. The Kier molecular flexibility index (Phi) is 2.33. The summed E-state index contributed by atoms with van der Waals surface area (Å²) in [5.74, 6) is 0.972. The van der Waals surface area contributed by atoms with E-state index in [0.717, 1.165) is 24.3 Å². The van der Waals surface area contributed by atoms with Crippen molar-refractivity contribution in [1.82, 2.24) is 10.1 Å². The van der Waals surface area contributed by atoms with E-state index in [1.54, 1.807) is 0 Å². The maximum atomic E-state index is 5.97. The highest BCUT2D eigenvalue weighted by atomic mass is 16.5. The van der Waals surface area contributed by atoms with Crippen LogP contribution in [0.15, 0.2) is 4.52 Å². The molecule has 2 unspecified atom stereocenters.